The molecule has 0 aromatic heterocycles. The van der Waals surface area contributed by atoms with Crippen LogP contribution in [0.15, 0.2) is 48.5 Å². The summed E-state index contributed by atoms with van der Waals surface area (Å²) in [7, 11) is 0. The molecule has 0 saturated carbocycles. The van der Waals surface area contributed by atoms with Crippen molar-refractivity contribution in [2.45, 2.75) is 6.04 Å². The van der Waals surface area contributed by atoms with Crippen molar-refractivity contribution in [1.82, 2.24) is 5.32 Å². The second kappa shape index (κ2) is 5.57. The van der Waals surface area contributed by atoms with Crippen molar-refractivity contribution in [3.8, 4) is 5.75 Å². The van der Waals surface area contributed by atoms with Gasteiger partial charge in [0, 0.05) is 0 Å². The summed E-state index contributed by atoms with van der Waals surface area (Å²) in [4.78, 5) is 11.9. The van der Waals surface area contributed by atoms with Crippen LogP contribution in [0.5, 0.6) is 5.75 Å². The van der Waals surface area contributed by atoms with Crippen LogP contribution >= 0.6 is 0 Å². The molecule has 116 valence electrons. The van der Waals surface area contributed by atoms with Gasteiger partial charge in [-0.1, -0.05) is 36.4 Å². The van der Waals surface area contributed by atoms with Crippen molar-refractivity contribution in [1.29, 1.82) is 10.8 Å². The Balaban J connectivity index is 2.01. The van der Waals surface area contributed by atoms with E-state index in [0.717, 1.165) is 0 Å². The molecule has 6 heteroatoms. The lowest BCUT2D eigenvalue weighted by Crippen LogP contribution is -2.26. The number of anilines is 1. The van der Waals surface area contributed by atoms with Gasteiger partial charge >= 0.3 is 0 Å². The zero-order chi connectivity index (χ0) is 16.6. The minimum atomic E-state index is -0.700. The second-order valence-electron chi connectivity index (χ2n) is 5.44. The van der Waals surface area contributed by atoms with Gasteiger partial charge in [0.05, 0.1) is 23.4 Å². The van der Waals surface area contributed by atoms with Gasteiger partial charge in [-0.25, -0.2) is 0 Å². The minimum absolute atomic E-state index is 0.0390. The second-order valence-corrected chi connectivity index (χ2v) is 5.44. The number of carbonyl (C=O) groups is 1. The zero-order valence-corrected chi connectivity index (χ0v) is 12.2. The molecule has 1 heterocycles. The molecule has 0 radical (unpaired) electrons. The maximum absolute atomic E-state index is 11.9. The van der Waals surface area contributed by atoms with E-state index in [2.05, 4.69) is 5.32 Å². The van der Waals surface area contributed by atoms with Crippen molar-refractivity contribution in [2.75, 3.05) is 5.73 Å². The number of phenols is 1. The molecule has 0 spiro atoms. The van der Waals surface area contributed by atoms with E-state index in [9.17, 15) is 9.90 Å². The number of carbonyl (C=O) groups excluding carboxylic acids is 1. The maximum Gasteiger partial charge on any atom is 0.266 e. The Morgan fingerprint density at radius 2 is 1.87 bits per heavy atom. The van der Waals surface area contributed by atoms with Crippen LogP contribution in [0.3, 0.4) is 0 Å². The van der Waals surface area contributed by atoms with Crippen LogP contribution in [0, 0.1) is 16.7 Å². The normalized spacial score (nSPS) is 20.3. The van der Waals surface area contributed by atoms with Crippen LogP contribution in [-0.4, -0.2) is 22.4 Å². The van der Waals surface area contributed by atoms with E-state index in [-0.39, 0.29) is 22.9 Å². The van der Waals surface area contributed by atoms with Gasteiger partial charge in [-0.3, -0.25) is 10.2 Å². The van der Waals surface area contributed by atoms with Gasteiger partial charge < -0.3 is 21.6 Å². The Bertz CT molecular complexity index is 801. The summed E-state index contributed by atoms with van der Waals surface area (Å²) in [6.45, 7) is 0. The number of benzene rings is 2. The molecule has 0 bridgehead atoms. The molecule has 6 N–H and O–H groups in total. The average molecular weight is 308 g/mol. The molecule has 1 aliphatic heterocycles. The molecule has 2 aromatic rings. The smallest absolute Gasteiger partial charge is 0.266 e. The predicted molar refractivity (Wildman–Crippen MR) is 87.9 cm³/mol. The topological polar surface area (TPSA) is 123 Å². The maximum atomic E-state index is 11.9. The van der Waals surface area contributed by atoms with E-state index in [1.54, 1.807) is 24.3 Å². The highest BCUT2D eigenvalue weighted by molar-refractivity contribution is 6.45. The number of hydrogen-bond acceptors (Lipinski definition) is 5. The largest absolute Gasteiger partial charge is 0.506 e. The molecule has 3 rings (SSSR count). The molecule has 0 aliphatic carbocycles. The molecular formula is C17H16N4O2. The number of nitrogens with one attached hydrogen (secondary N) is 3. The zero-order valence-electron chi connectivity index (χ0n) is 12.2. The fourth-order valence-electron chi connectivity index (χ4n) is 2.76. The van der Waals surface area contributed by atoms with Gasteiger partial charge in [0.2, 0.25) is 0 Å². The van der Waals surface area contributed by atoms with Crippen LogP contribution in [0.2, 0.25) is 0 Å². The summed E-state index contributed by atoms with van der Waals surface area (Å²) in [5.41, 5.74) is 7.29. The van der Waals surface area contributed by atoms with Crippen molar-refractivity contribution in [3.05, 3.63) is 59.7 Å². The third-order valence-corrected chi connectivity index (χ3v) is 3.98. The van der Waals surface area contributed by atoms with E-state index in [0.29, 0.717) is 11.1 Å². The van der Waals surface area contributed by atoms with Crippen LogP contribution in [-0.2, 0) is 4.79 Å². The third-order valence-electron chi connectivity index (χ3n) is 3.98. The van der Waals surface area contributed by atoms with Gasteiger partial charge in [-0.15, -0.1) is 0 Å². The van der Waals surface area contributed by atoms with Gasteiger partial charge in [0.1, 0.15) is 11.5 Å². The van der Waals surface area contributed by atoms with Crippen molar-refractivity contribution >= 4 is 23.0 Å². The van der Waals surface area contributed by atoms with E-state index >= 15 is 0 Å². The van der Waals surface area contributed by atoms with Gasteiger partial charge in [-0.05, 0) is 23.3 Å². The molecule has 1 fully saturated rings. The predicted octanol–water partition coefficient (Wildman–Crippen LogP) is 1.85. The fraction of sp³-hybridized carbons (Fsp3) is 0.118. The van der Waals surface area contributed by atoms with E-state index < -0.39 is 17.9 Å². The number of rotatable bonds is 3. The van der Waals surface area contributed by atoms with Crippen LogP contribution < -0.4 is 11.1 Å². The standard InChI is InChI=1S/C17H16N4O2/c18-11-8-10(6-7-12(11)22)16-13(15(20)17(23)21-16)14(19)9-4-2-1-3-5-9/h1-8,13,16,19-20,22H,18H2,(H,21,23). The fourth-order valence-corrected chi connectivity index (χ4v) is 2.76. The molecule has 2 unspecified atom stereocenters. The number of nitrogens with two attached hydrogens (primary N) is 1. The molecule has 1 amide bonds. The number of nitrogen functional groups attached to an aromatic ring is 1. The summed E-state index contributed by atoms with van der Waals surface area (Å²) < 4.78 is 0. The number of amides is 1. The van der Waals surface area contributed by atoms with Crippen molar-refractivity contribution < 1.29 is 9.90 Å². The first-order valence-electron chi connectivity index (χ1n) is 7.10. The number of hydrogen-bond donors (Lipinski definition) is 5. The lowest BCUT2D eigenvalue weighted by atomic mass is 9.85. The summed E-state index contributed by atoms with van der Waals surface area (Å²) in [6.07, 6.45) is 0. The average Bonchev–Trinajstić information content (AvgIpc) is 2.86. The number of phenolic OH excluding ortho intramolecular Hbond substituents is 1. The quantitative estimate of drug-likeness (QED) is 0.338. The molecule has 6 nitrogen and oxygen atoms in total. The minimum Gasteiger partial charge on any atom is -0.506 e. The Morgan fingerprint density at radius 1 is 1.17 bits per heavy atom. The summed E-state index contributed by atoms with van der Waals surface area (Å²) >= 11 is 0. The molecule has 2 atom stereocenters. The first kappa shape index (κ1) is 14.8. The van der Waals surface area contributed by atoms with E-state index in [1.807, 2.05) is 18.2 Å². The van der Waals surface area contributed by atoms with Crippen molar-refractivity contribution in [3.63, 3.8) is 0 Å². The molecule has 23 heavy (non-hydrogen) atoms. The van der Waals surface area contributed by atoms with Gasteiger partial charge in [0.25, 0.3) is 5.91 Å². The van der Waals surface area contributed by atoms with Crippen molar-refractivity contribution in [2.24, 2.45) is 5.92 Å². The highest BCUT2D eigenvalue weighted by Crippen LogP contribution is 2.33. The first-order valence-corrected chi connectivity index (χ1v) is 7.10. The Morgan fingerprint density at radius 3 is 2.52 bits per heavy atom. The summed E-state index contributed by atoms with van der Waals surface area (Å²) in [5, 5.41) is 28.7. The SMILES string of the molecule is N=C1C(=O)NC(c2ccc(O)c(N)c2)C1C(=N)c1ccccc1. The lowest BCUT2D eigenvalue weighted by molar-refractivity contribution is -0.114. The third kappa shape index (κ3) is 2.55. The monoisotopic (exact) mass is 308 g/mol. The molecular weight excluding hydrogens is 292 g/mol. The van der Waals surface area contributed by atoms with Gasteiger partial charge in [0.15, 0.2) is 0 Å². The van der Waals surface area contributed by atoms with E-state index in [4.69, 9.17) is 16.6 Å². The molecule has 1 aliphatic rings. The number of aromatic hydroxyl groups is 1. The Labute approximate surface area is 133 Å². The highest BCUT2D eigenvalue weighted by Gasteiger charge is 2.41. The first-order chi connectivity index (χ1) is 11.0. The summed E-state index contributed by atoms with van der Waals surface area (Å²) in [5.74, 6) is -1.23. The summed E-state index contributed by atoms with van der Waals surface area (Å²) in [6, 6.07) is 13.1. The molecule has 1 saturated heterocycles. The molecule has 2 aromatic carbocycles. The van der Waals surface area contributed by atoms with E-state index in [1.165, 1.54) is 6.07 Å². The highest BCUT2D eigenvalue weighted by atomic mass is 16.3. The Kier molecular flexibility index (Phi) is 3.57. The Hall–Kier alpha value is -3.15. The van der Waals surface area contributed by atoms with Gasteiger partial charge in [-0.2, -0.15) is 0 Å². The van der Waals surface area contributed by atoms with Crippen LogP contribution in [0.25, 0.3) is 0 Å². The van der Waals surface area contributed by atoms with Crippen LogP contribution in [0.4, 0.5) is 5.69 Å². The van der Waals surface area contributed by atoms with Crippen LogP contribution in [0.1, 0.15) is 17.2 Å². The lowest BCUT2D eigenvalue weighted by Gasteiger charge is -2.20.